The van der Waals surface area contributed by atoms with Crippen LogP contribution in [0.3, 0.4) is 0 Å². The third-order valence-corrected chi connectivity index (χ3v) is 1.19. The highest BCUT2D eigenvalue weighted by atomic mass is 35.5. The van der Waals surface area contributed by atoms with E-state index < -0.39 is 0 Å². The first-order valence-electron chi connectivity index (χ1n) is 1.36. The van der Waals surface area contributed by atoms with E-state index >= 15 is 0 Å². The van der Waals surface area contributed by atoms with Crippen LogP contribution in [0.25, 0.3) is 0 Å². The van der Waals surface area contributed by atoms with Gasteiger partial charge in [-0.2, -0.15) is 0 Å². The van der Waals surface area contributed by atoms with Crippen LogP contribution in [-0.4, -0.2) is 4.98 Å². The maximum absolute atomic E-state index is 5.30. The summed E-state index contributed by atoms with van der Waals surface area (Å²) in [6, 6.07) is 0. The van der Waals surface area contributed by atoms with Gasteiger partial charge in [-0.15, -0.1) is 11.3 Å². The molecular formula is C3HClNS. The Balaban J connectivity index is 3.05. The number of thiazole rings is 1. The molecule has 1 heterocycles. The average Bonchev–Trinajstić information content (AvgIpc) is 1.86. The molecule has 0 amide bonds. The highest BCUT2D eigenvalue weighted by Crippen LogP contribution is 2.03. The van der Waals surface area contributed by atoms with Crippen molar-refractivity contribution < 1.29 is 0 Å². The molecule has 1 rings (SSSR count). The topological polar surface area (TPSA) is 12.9 Å². The van der Waals surface area contributed by atoms with Gasteiger partial charge in [0.15, 0.2) is 0 Å². The van der Waals surface area contributed by atoms with Crippen molar-refractivity contribution in [1.82, 2.24) is 4.98 Å². The summed E-state index contributed by atoms with van der Waals surface area (Å²) in [4.78, 5) is 3.65. The molecule has 6 heavy (non-hydrogen) atoms. The lowest BCUT2D eigenvalue weighted by atomic mass is 11.0. The standard InChI is InChI=1S/C3HClNS/c4-3-1-6-2-5-3/h2H. The van der Waals surface area contributed by atoms with Gasteiger partial charge in [-0.25, -0.2) is 4.98 Å². The van der Waals surface area contributed by atoms with E-state index in [0.717, 1.165) is 0 Å². The highest BCUT2D eigenvalue weighted by Gasteiger charge is 1.80. The van der Waals surface area contributed by atoms with Crippen molar-refractivity contribution in [3.63, 3.8) is 0 Å². The summed E-state index contributed by atoms with van der Waals surface area (Å²) in [5.41, 5.74) is 1.64. The van der Waals surface area contributed by atoms with Crippen LogP contribution in [0.5, 0.6) is 0 Å². The van der Waals surface area contributed by atoms with Gasteiger partial charge >= 0.3 is 0 Å². The summed E-state index contributed by atoms with van der Waals surface area (Å²) in [7, 11) is 0. The van der Waals surface area contributed by atoms with E-state index in [1.165, 1.54) is 11.3 Å². The van der Waals surface area contributed by atoms with Crippen molar-refractivity contribution in [3.8, 4) is 0 Å². The van der Waals surface area contributed by atoms with E-state index in [0.29, 0.717) is 5.15 Å². The lowest BCUT2D eigenvalue weighted by molar-refractivity contribution is 1.42. The number of hydrogen-bond donors (Lipinski definition) is 0. The highest BCUT2D eigenvalue weighted by molar-refractivity contribution is 7.07. The molecule has 0 bridgehead atoms. The minimum Gasteiger partial charge on any atom is -0.232 e. The molecule has 1 aromatic heterocycles. The van der Waals surface area contributed by atoms with E-state index in [9.17, 15) is 0 Å². The number of halogens is 1. The molecule has 0 saturated heterocycles. The fourth-order valence-corrected chi connectivity index (χ4v) is 0.775. The third kappa shape index (κ3) is 0.698. The first kappa shape index (κ1) is 4.09. The number of nitrogens with zero attached hydrogens (tertiary/aromatic N) is 1. The normalized spacial score (nSPS) is 8.83. The smallest absolute Gasteiger partial charge is 0.148 e. The second kappa shape index (κ2) is 1.58. The molecule has 0 saturated carbocycles. The van der Waals surface area contributed by atoms with Crippen molar-refractivity contribution in [2.45, 2.75) is 0 Å². The Kier molecular flexibility index (Phi) is 1.08. The van der Waals surface area contributed by atoms with Gasteiger partial charge in [-0.05, 0) is 0 Å². The molecule has 0 fully saturated rings. The quantitative estimate of drug-likeness (QED) is 0.504. The van der Waals surface area contributed by atoms with Gasteiger partial charge in [0.2, 0.25) is 0 Å². The van der Waals surface area contributed by atoms with Crippen molar-refractivity contribution >= 4 is 22.9 Å². The van der Waals surface area contributed by atoms with E-state index in [1.807, 2.05) is 0 Å². The van der Waals surface area contributed by atoms with Gasteiger partial charge in [0.05, 0.1) is 10.9 Å². The SMILES string of the molecule is Clc1[c]scn1. The molecule has 1 aromatic rings. The minimum absolute atomic E-state index is 0.458. The van der Waals surface area contributed by atoms with Crippen LogP contribution in [0.1, 0.15) is 0 Å². The molecule has 31 valence electrons. The van der Waals surface area contributed by atoms with Crippen LogP contribution in [0.15, 0.2) is 5.51 Å². The summed E-state index contributed by atoms with van der Waals surface area (Å²) in [6.07, 6.45) is 0. The Hall–Kier alpha value is -0.0800. The molecule has 3 heteroatoms. The molecule has 0 atom stereocenters. The molecule has 1 nitrogen and oxygen atoms in total. The van der Waals surface area contributed by atoms with Crippen molar-refractivity contribution in [3.05, 3.63) is 16.0 Å². The first-order valence-corrected chi connectivity index (χ1v) is 2.62. The van der Waals surface area contributed by atoms with Crippen molar-refractivity contribution in [1.29, 1.82) is 0 Å². The van der Waals surface area contributed by atoms with Crippen LogP contribution in [0, 0.1) is 5.38 Å². The zero-order valence-electron chi connectivity index (χ0n) is 2.81. The molecule has 0 aliphatic rings. The Morgan fingerprint density at radius 2 is 2.83 bits per heavy atom. The molecule has 0 aromatic carbocycles. The Labute approximate surface area is 44.6 Å². The molecular weight excluding hydrogens is 118 g/mol. The summed E-state index contributed by atoms with van der Waals surface area (Å²) >= 11 is 6.67. The Bertz CT molecular complexity index is 114. The van der Waals surface area contributed by atoms with Gasteiger partial charge in [-0.1, -0.05) is 11.6 Å². The summed E-state index contributed by atoms with van der Waals surface area (Å²) in [5.74, 6) is 0. The zero-order valence-corrected chi connectivity index (χ0v) is 4.38. The van der Waals surface area contributed by atoms with Crippen LogP contribution in [0.4, 0.5) is 0 Å². The molecule has 0 aliphatic heterocycles. The fourth-order valence-electron chi connectivity index (χ4n) is 0.174. The predicted molar refractivity (Wildman–Crippen MR) is 26.0 cm³/mol. The number of rotatable bonds is 0. The minimum atomic E-state index is 0.458. The molecule has 0 aliphatic carbocycles. The summed E-state index contributed by atoms with van der Waals surface area (Å²) < 4.78 is 0. The second-order valence-electron chi connectivity index (χ2n) is 0.745. The third-order valence-electron chi connectivity index (χ3n) is 0.362. The number of hydrogen-bond acceptors (Lipinski definition) is 2. The Morgan fingerprint density at radius 1 is 2.00 bits per heavy atom. The van der Waals surface area contributed by atoms with E-state index in [2.05, 4.69) is 10.4 Å². The molecule has 0 spiro atoms. The monoisotopic (exact) mass is 118 g/mol. The van der Waals surface area contributed by atoms with Gasteiger partial charge in [0.1, 0.15) is 5.15 Å². The summed E-state index contributed by atoms with van der Waals surface area (Å²) in [5, 5.41) is 3.15. The van der Waals surface area contributed by atoms with E-state index in [1.54, 1.807) is 5.51 Å². The lowest BCUT2D eigenvalue weighted by Gasteiger charge is -1.60. The van der Waals surface area contributed by atoms with Gasteiger partial charge in [0, 0.05) is 0 Å². The van der Waals surface area contributed by atoms with E-state index in [4.69, 9.17) is 11.6 Å². The van der Waals surface area contributed by atoms with Gasteiger partial charge < -0.3 is 0 Å². The first-order chi connectivity index (χ1) is 2.89. The maximum atomic E-state index is 5.30. The average molecular weight is 119 g/mol. The number of aromatic nitrogens is 1. The van der Waals surface area contributed by atoms with Gasteiger partial charge in [-0.3, -0.25) is 0 Å². The van der Waals surface area contributed by atoms with Crippen LogP contribution >= 0.6 is 22.9 Å². The van der Waals surface area contributed by atoms with Crippen molar-refractivity contribution in [2.24, 2.45) is 0 Å². The van der Waals surface area contributed by atoms with Crippen LogP contribution in [0.2, 0.25) is 5.15 Å². The Morgan fingerprint density at radius 3 is 3.00 bits per heavy atom. The maximum Gasteiger partial charge on any atom is 0.148 e. The predicted octanol–water partition coefficient (Wildman–Crippen LogP) is 1.60. The largest absolute Gasteiger partial charge is 0.232 e. The summed E-state index contributed by atoms with van der Waals surface area (Å²) in [6.45, 7) is 0. The van der Waals surface area contributed by atoms with Crippen molar-refractivity contribution in [2.75, 3.05) is 0 Å². The lowest BCUT2D eigenvalue weighted by Crippen LogP contribution is -1.50. The second-order valence-corrected chi connectivity index (χ2v) is 1.75. The van der Waals surface area contributed by atoms with Gasteiger partial charge in [0.25, 0.3) is 0 Å². The molecule has 0 unspecified atom stereocenters. The molecule has 1 radical (unpaired) electrons. The molecule has 0 N–H and O–H groups in total. The fraction of sp³-hybridized carbons (Fsp3) is 0. The zero-order chi connectivity index (χ0) is 4.41. The van der Waals surface area contributed by atoms with Crippen LogP contribution < -0.4 is 0 Å². The van der Waals surface area contributed by atoms with E-state index in [-0.39, 0.29) is 0 Å². The van der Waals surface area contributed by atoms with Crippen LogP contribution in [-0.2, 0) is 0 Å².